The Hall–Kier alpha value is -0.120. The van der Waals surface area contributed by atoms with Crippen LogP contribution in [0, 0.1) is 23.7 Å². The Morgan fingerprint density at radius 1 is 1.10 bits per heavy atom. The first kappa shape index (κ1) is 18.9. The van der Waals surface area contributed by atoms with Gasteiger partial charge in [0, 0.05) is 13.7 Å². The molecule has 1 aliphatic carbocycles. The Kier molecular flexibility index (Phi) is 10.3. The second-order valence-corrected chi connectivity index (χ2v) is 7.24. The molecule has 1 fully saturated rings. The van der Waals surface area contributed by atoms with Crippen LogP contribution in [0.3, 0.4) is 0 Å². The van der Waals surface area contributed by atoms with Crippen LogP contribution in [0.25, 0.3) is 0 Å². The van der Waals surface area contributed by atoms with Crippen LogP contribution in [0.5, 0.6) is 0 Å². The predicted molar refractivity (Wildman–Crippen MR) is 89.6 cm³/mol. The highest BCUT2D eigenvalue weighted by atomic mass is 16.5. The standard InChI is InChI=1S/C18H37NO2/c1-15(2)13-19-14-18-8-7-16(3)12-17(18)6-5-9-21-11-10-20-4/h15-19H,5-14H2,1-4H3. The largest absolute Gasteiger partial charge is 0.382 e. The van der Waals surface area contributed by atoms with Crippen molar-refractivity contribution in [1.29, 1.82) is 0 Å². The van der Waals surface area contributed by atoms with Gasteiger partial charge >= 0.3 is 0 Å². The van der Waals surface area contributed by atoms with Gasteiger partial charge in [-0.15, -0.1) is 0 Å². The summed E-state index contributed by atoms with van der Waals surface area (Å²) in [6, 6.07) is 0. The fraction of sp³-hybridized carbons (Fsp3) is 1.00. The highest BCUT2D eigenvalue weighted by Gasteiger charge is 2.27. The van der Waals surface area contributed by atoms with Crippen LogP contribution in [0.2, 0.25) is 0 Å². The van der Waals surface area contributed by atoms with E-state index in [2.05, 4.69) is 26.1 Å². The zero-order chi connectivity index (χ0) is 15.5. The van der Waals surface area contributed by atoms with Crippen LogP contribution < -0.4 is 5.32 Å². The summed E-state index contributed by atoms with van der Waals surface area (Å²) in [7, 11) is 1.72. The van der Waals surface area contributed by atoms with Crippen molar-refractivity contribution in [2.75, 3.05) is 40.0 Å². The Morgan fingerprint density at radius 2 is 1.90 bits per heavy atom. The second kappa shape index (κ2) is 11.4. The smallest absolute Gasteiger partial charge is 0.0700 e. The minimum absolute atomic E-state index is 0.711. The molecule has 1 saturated carbocycles. The topological polar surface area (TPSA) is 30.5 Å². The van der Waals surface area contributed by atoms with Crippen LogP contribution in [-0.4, -0.2) is 40.0 Å². The zero-order valence-electron chi connectivity index (χ0n) is 14.7. The van der Waals surface area contributed by atoms with Gasteiger partial charge in [-0.05, 0) is 62.4 Å². The fourth-order valence-electron chi connectivity index (χ4n) is 3.43. The lowest BCUT2D eigenvalue weighted by Gasteiger charge is -2.35. The molecular weight excluding hydrogens is 262 g/mol. The fourth-order valence-corrected chi connectivity index (χ4v) is 3.43. The number of methoxy groups -OCH3 is 1. The molecule has 0 amide bonds. The SMILES string of the molecule is COCCOCCCC1CC(C)CCC1CNCC(C)C. The van der Waals surface area contributed by atoms with Crippen molar-refractivity contribution >= 4 is 0 Å². The molecule has 1 rings (SSSR count). The van der Waals surface area contributed by atoms with E-state index in [-0.39, 0.29) is 0 Å². The van der Waals surface area contributed by atoms with Gasteiger partial charge in [0.1, 0.15) is 0 Å². The molecule has 0 heterocycles. The van der Waals surface area contributed by atoms with Gasteiger partial charge in [-0.25, -0.2) is 0 Å². The number of nitrogens with one attached hydrogen (secondary N) is 1. The predicted octanol–water partition coefficient (Wildman–Crippen LogP) is 3.73. The van der Waals surface area contributed by atoms with Crippen LogP contribution in [-0.2, 0) is 9.47 Å². The first-order valence-electron chi connectivity index (χ1n) is 8.90. The second-order valence-electron chi connectivity index (χ2n) is 7.24. The van der Waals surface area contributed by atoms with Crippen LogP contribution >= 0.6 is 0 Å². The van der Waals surface area contributed by atoms with Gasteiger partial charge in [0.2, 0.25) is 0 Å². The van der Waals surface area contributed by atoms with Crippen LogP contribution in [0.1, 0.15) is 52.9 Å². The van der Waals surface area contributed by atoms with Crippen LogP contribution in [0.4, 0.5) is 0 Å². The Labute approximate surface area is 132 Å². The normalized spacial score (nSPS) is 26.4. The minimum atomic E-state index is 0.711. The molecular formula is C18H37NO2. The number of hydrogen-bond donors (Lipinski definition) is 1. The quantitative estimate of drug-likeness (QED) is 0.590. The molecule has 1 N–H and O–H groups in total. The highest BCUT2D eigenvalue weighted by molar-refractivity contribution is 4.80. The Morgan fingerprint density at radius 3 is 2.62 bits per heavy atom. The summed E-state index contributed by atoms with van der Waals surface area (Å²) in [6.45, 7) is 11.7. The molecule has 0 aromatic carbocycles. The summed E-state index contributed by atoms with van der Waals surface area (Å²) in [5, 5.41) is 3.67. The molecule has 0 bridgehead atoms. The number of ether oxygens (including phenoxy) is 2. The van der Waals surface area contributed by atoms with Crippen molar-refractivity contribution in [3.05, 3.63) is 0 Å². The van der Waals surface area contributed by atoms with Crippen LogP contribution in [0.15, 0.2) is 0 Å². The van der Waals surface area contributed by atoms with E-state index in [4.69, 9.17) is 9.47 Å². The summed E-state index contributed by atoms with van der Waals surface area (Å²) in [5.41, 5.74) is 0. The summed E-state index contributed by atoms with van der Waals surface area (Å²) in [4.78, 5) is 0. The van der Waals surface area contributed by atoms with Gasteiger partial charge in [0.25, 0.3) is 0 Å². The highest BCUT2D eigenvalue weighted by Crippen LogP contribution is 2.36. The lowest BCUT2D eigenvalue weighted by Crippen LogP contribution is -2.34. The molecule has 3 nitrogen and oxygen atoms in total. The van der Waals surface area contributed by atoms with E-state index in [0.717, 1.165) is 43.4 Å². The zero-order valence-corrected chi connectivity index (χ0v) is 14.7. The molecule has 0 spiro atoms. The maximum atomic E-state index is 5.60. The monoisotopic (exact) mass is 299 g/mol. The molecule has 126 valence electrons. The molecule has 3 heteroatoms. The van der Waals surface area contributed by atoms with Crippen molar-refractivity contribution in [1.82, 2.24) is 5.32 Å². The first-order valence-corrected chi connectivity index (χ1v) is 8.90. The summed E-state index contributed by atoms with van der Waals surface area (Å²) in [6.07, 6.45) is 6.75. The Balaban J connectivity index is 2.21. The molecule has 3 atom stereocenters. The van der Waals surface area contributed by atoms with E-state index in [1.807, 2.05) is 0 Å². The minimum Gasteiger partial charge on any atom is -0.382 e. The van der Waals surface area contributed by atoms with E-state index in [0.29, 0.717) is 6.61 Å². The van der Waals surface area contributed by atoms with Crippen molar-refractivity contribution in [2.45, 2.75) is 52.9 Å². The molecule has 1 aliphatic rings. The van der Waals surface area contributed by atoms with Crippen molar-refractivity contribution in [2.24, 2.45) is 23.7 Å². The molecule has 0 saturated heterocycles. The third kappa shape index (κ3) is 8.80. The van der Waals surface area contributed by atoms with Gasteiger partial charge in [0.05, 0.1) is 13.2 Å². The first-order chi connectivity index (χ1) is 10.1. The maximum absolute atomic E-state index is 5.60. The Bertz CT molecular complexity index is 245. The third-order valence-electron chi connectivity index (χ3n) is 4.66. The molecule has 0 aromatic rings. The lowest BCUT2D eigenvalue weighted by molar-refractivity contribution is 0.0632. The average Bonchev–Trinajstić information content (AvgIpc) is 2.44. The number of rotatable bonds is 11. The molecule has 3 unspecified atom stereocenters. The van der Waals surface area contributed by atoms with Crippen molar-refractivity contribution in [3.63, 3.8) is 0 Å². The molecule has 0 aromatic heterocycles. The van der Waals surface area contributed by atoms with E-state index in [9.17, 15) is 0 Å². The van der Waals surface area contributed by atoms with Gasteiger partial charge in [-0.1, -0.05) is 27.2 Å². The van der Waals surface area contributed by atoms with Gasteiger partial charge in [0.15, 0.2) is 0 Å². The van der Waals surface area contributed by atoms with Crippen molar-refractivity contribution < 1.29 is 9.47 Å². The maximum Gasteiger partial charge on any atom is 0.0700 e. The van der Waals surface area contributed by atoms with E-state index < -0.39 is 0 Å². The third-order valence-corrected chi connectivity index (χ3v) is 4.66. The molecule has 0 radical (unpaired) electrons. The summed E-state index contributed by atoms with van der Waals surface area (Å²) < 4.78 is 10.6. The molecule has 0 aliphatic heterocycles. The average molecular weight is 299 g/mol. The lowest BCUT2D eigenvalue weighted by atomic mass is 9.73. The van der Waals surface area contributed by atoms with Gasteiger partial charge < -0.3 is 14.8 Å². The van der Waals surface area contributed by atoms with E-state index in [1.165, 1.54) is 38.6 Å². The number of hydrogen-bond acceptors (Lipinski definition) is 3. The van der Waals surface area contributed by atoms with Gasteiger partial charge in [-0.3, -0.25) is 0 Å². The molecule has 21 heavy (non-hydrogen) atoms. The van der Waals surface area contributed by atoms with E-state index in [1.54, 1.807) is 7.11 Å². The van der Waals surface area contributed by atoms with E-state index >= 15 is 0 Å². The van der Waals surface area contributed by atoms with Gasteiger partial charge in [-0.2, -0.15) is 0 Å². The van der Waals surface area contributed by atoms with Crippen molar-refractivity contribution in [3.8, 4) is 0 Å². The summed E-state index contributed by atoms with van der Waals surface area (Å²) in [5.74, 6) is 3.42. The summed E-state index contributed by atoms with van der Waals surface area (Å²) >= 11 is 0.